The minimum Gasteiger partial charge on any atom is -0.218 e. The van der Waals surface area contributed by atoms with E-state index in [0.29, 0.717) is 0 Å². The van der Waals surface area contributed by atoms with Crippen LogP contribution in [-0.4, -0.2) is 9.97 Å². The lowest BCUT2D eigenvalue weighted by Crippen LogP contribution is -1.92. The van der Waals surface area contributed by atoms with Crippen molar-refractivity contribution in [3.63, 3.8) is 0 Å². The van der Waals surface area contributed by atoms with Gasteiger partial charge >= 0.3 is 0 Å². The second kappa shape index (κ2) is 6.49. The lowest BCUT2D eigenvalue weighted by molar-refractivity contribution is 1.18. The molecule has 27 heavy (non-hydrogen) atoms. The van der Waals surface area contributed by atoms with Gasteiger partial charge in [-0.3, -0.25) is 0 Å². The first-order valence-corrected chi connectivity index (χ1v) is 9.18. The van der Waals surface area contributed by atoms with Crippen LogP contribution in [-0.2, 0) is 0 Å². The van der Waals surface area contributed by atoms with Crippen molar-refractivity contribution in [3.05, 3.63) is 96.3 Å². The fourth-order valence-electron chi connectivity index (χ4n) is 3.50. The molecule has 0 unspecified atom stereocenters. The highest BCUT2D eigenvalue weighted by molar-refractivity contribution is 6.28. The summed E-state index contributed by atoms with van der Waals surface area (Å²) in [6.07, 6.45) is 0. The highest BCUT2D eigenvalue weighted by Gasteiger charge is 2.10. The van der Waals surface area contributed by atoms with E-state index in [0.717, 1.165) is 27.9 Å². The molecular formula is C24H15ClN2. The van der Waals surface area contributed by atoms with Crippen LogP contribution in [0, 0.1) is 0 Å². The maximum absolute atomic E-state index is 6.30. The van der Waals surface area contributed by atoms with Crippen LogP contribution in [0.5, 0.6) is 0 Å². The lowest BCUT2D eigenvalue weighted by Gasteiger charge is -2.09. The van der Waals surface area contributed by atoms with Crippen LogP contribution in [0.25, 0.3) is 44.1 Å². The quantitative estimate of drug-likeness (QED) is 0.322. The molecule has 4 aromatic carbocycles. The third-order valence-corrected chi connectivity index (χ3v) is 4.98. The van der Waals surface area contributed by atoms with Gasteiger partial charge in [-0.2, -0.15) is 0 Å². The first-order valence-electron chi connectivity index (χ1n) is 8.80. The molecule has 0 aliphatic heterocycles. The van der Waals surface area contributed by atoms with Crippen LogP contribution in [0.15, 0.2) is 91.0 Å². The van der Waals surface area contributed by atoms with E-state index in [2.05, 4.69) is 64.6 Å². The molecule has 5 rings (SSSR count). The van der Waals surface area contributed by atoms with Crippen LogP contribution >= 0.6 is 11.6 Å². The van der Waals surface area contributed by atoms with Crippen molar-refractivity contribution < 1.29 is 0 Å². The van der Waals surface area contributed by atoms with E-state index in [1.165, 1.54) is 16.2 Å². The van der Waals surface area contributed by atoms with Gasteiger partial charge in [0.05, 0.1) is 11.4 Å². The minimum absolute atomic E-state index is 0.253. The second-order valence-corrected chi connectivity index (χ2v) is 6.83. The molecule has 0 fully saturated rings. The van der Waals surface area contributed by atoms with Crippen molar-refractivity contribution in [2.24, 2.45) is 0 Å². The predicted molar refractivity (Wildman–Crippen MR) is 113 cm³/mol. The van der Waals surface area contributed by atoms with Gasteiger partial charge < -0.3 is 0 Å². The molecule has 0 aliphatic carbocycles. The molecule has 0 bridgehead atoms. The van der Waals surface area contributed by atoms with Gasteiger partial charge in [0.15, 0.2) is 0 Å². The van der Waals surface area contributed by atoms with Crippen molar-refractivity contribution in [3.8, 4) is 22.5 Å². The standard InChI is InChI=1S/C24H15ClN2/c25-24-26-22(19-13-12-16-6-1-2-8-18(16)14-19)15-23(27-24)21-11-5-9-17-7-3-4-10-20(17)21/h1-15H. The van der Waals surface area contributed by atoms with Crippen LogP contribution in [0.1, 0.15) is 0 Å². The number of benzene rings is 4. The summed E-state index contributed by atoms with van der Waals surface area (Å²) in [5.41, 5.74) is 3.73. The van der Waals surface area contributed by atoms with Gasteiger partial charge in [-0.25, -0.2) is 9.97 Å². The second-order valence-electron chi connectivity index (χ2n) is 6.50. The first-order chi connectivity index (χ1) is 13.3. The predicted octanol–water partition coefficient (Wildman–Crippen LogP) is 6.77. The molecule has 5 aromatic rings. The summed E-state index contributed by atoms with van der Waals surface area (Å²) in [4.78, 5) is 8.97. The van der Waals surface area contributed by atoms with Crippen molar-refractivity contribution in [2.75, 3.05) is 0 Å². The summed E-state index contributed by atoms with van der Waals surface area (Å²) in [5, 5.41) is 4.96. The zero-order chi connectivity index (χ0) is 18.2. The molecule has 0 aliphatic rings. The molecule has 0 amide bonds. The maximum Gasteiger partial charge on any atom is 0.223 e. The summed E-state index contributed by atoms with van der Waals surface area (Å²) in [6.45, 7) is 0. The summed E-state index contributed by atoms with van der Waals surface area (Å²) in [5.74, 6) is 0. The number of hydrogen-bond donors (Lipinski definition) is 0. The molecule has 0 N–H and O–H groups in total. The van der Waals surface area contributed by atoms with E-state index in [-0.39, 0.29) is 5.28 Å². The molecule has 0 radical (unpaired) electrons. The van der Waals surface area contributed by atoms with Gasteiger partial charge in [-0.05, 0) is 45.3 Å². The molecule has 0 spiro atoms. The smallest absolute Gasteiger partial charge is 0.218 e. The molecule has 1 aromatic heterocycles. The number of hydrogen-bond acceptors (Lipinski definition) is 2. The first kappa shape index (κ1) is 16.0. The maximum atomic E-state index is 6.30. The molecule has 1 heterocycles. The van der Waals surface area contributed by atoms with Crippen LogP contribution < -0.4 is 0 Å². The van der Waals surface area contributed by atoms with Gasteiger partial charge in [0.1, 0.15) is 0 Å². The van der Waals surface area contributed by atoms with Gasteiger partial charge in [-0.15, -0.1) is 0 Å². The van der Waals surface area contributed by atoms with Crippen molar-refractivity contribution in [2.45, 2.75) is 0 Å². The number of nitrogens with zero attached hydrogens (tertiary/aromatic N) is 2. The Morgan fingerprint density at radius 2 is 1.26 bits per heavy atom. The fraction of sp³-hybridized carbons (Fsp3) is 0. The van der Waals surface area contributed by atoms with Crippen molar-refractivity contribution >= 4 is 33.1 Å². The van der Waals surface area contributed by atoms with Gasteiger partial charge in [0.25, 0.3) is 0 Å². The monoisotopic (exact) mass is 366 g/mol. The third-order valence-electron chi connectivity index (χ3n) is 4.81. The SMILES string of the molecule is Clc1nc(-c2ccc3ccccc3c2)cc(-c2cccc3ccccc23)n1. The molecule has 0 saturated heterocycles. The Labute approximate surface area is 162 Å². The molecule has 0 saturated carbocycles. The average Bonchev–Trinajstić information content (AvgIpc) is 2.72. The van der Waals surface area contributed by atoms with Crippen molar-refractivity contribution in [1.82, 2.24) is 9.97 Å². The minimum atomic E-state index is 0.253. The van der Waals surface area contributed by atoms with E-state index in [1.54, 1.807) is 0 Å². The molecule has 128 valence electrons. The van der Waals surface area contributed by atoms with Crippen LogP contribution in [0.4, 0.5) is 0 Å². The van der Waals surface area contributed by atoms with Crippen molar-refractivity contribution in [1.29, 1.82) is 0 Å². The summed E-state index contributed by atoms with van der Waals surface area (Å²) in [7, 11) is 0. The number of fused-ring (bicyclic) bond motifs is 2. The summed E-state index contributed by atoms with van der Waals surface area (Å²) < 4.78 is 0. The van der Waals surface area contributed by atoms with Gasteiger partial charge in [-0.1, -0.05) is 78.9 Å². The third kappa shape index (κ3) is 2.94. The average molecular weight is 367 g/mol. The van der Waals surface area contributed by atoms with E-state index in [4.69, 9.17) is 11.6 Å². The summed E-state index contributed by atoms with van der Waals surface area (Å²) in [6, 6.07) is 31.1. The van der Waals surface area contributed by atoms with E-state index < -0.39 is 0 Å². The van der Waals surface area contributed by atoms with Gasteiger partial charge in [0.2, 0.25) is 5.28 Å². The molecule has 0 atom stereocenters. The Morgan fingerprint density at radius 3 is 2.15 bits per heavy atom. The number of halogens is 1. The Kier molecular flexibility index (Phi) is 3.84. The number of rotatable bonds is 2. The topological polar surface area (TPSA) is 25.8 Å². The zero-order valence-electron chi connectivity index (χ0n) is 14.4. The fourth-order valence-corrected chi connectivity index (χ4v) is 3.68. The van der Waals surface area contributed by atoms with Crippen LogP contribution in [0.2, 0.25) is 5.28 Å². The van der Waals surface area contributed by atoms with Crippen LogP contribution in [0.3, 0.4) is 0 Å². The zero-order valence-corrected chi connectivity index (χ0v) is 15.2. The van der Waals surface area contributed by atoms with E-state index in [1.807, 2.05) is 36.4 Å². The largest absolute Gasteiger partial charge is 0.223 e. The molecule has 3 heteroatoms. The Bertz CT molecular complexity index is 1290. The number of aromatic nitrogens is 2. The Hall–Kier alpha value is -3.23. The normalized spacial score (nSPS) is 11.1. The van der Waals surface area contributed by atoms with Gasteiger partial charge in [0, 0.05) is 11.1 Å². The Morgan fingerprint density at radius 1 is 0.556 bits per heavy atom. The van der Waals surface area contributed by atoms with E-state index >= 15 is 0 Å². The highest BCUT2D eigenvalue weighted by atomic mass is 35.5. The molecular weight excluding hydrogens is 352 g/mol. The molecule has 2 nitrogen and oxygen atoms in total. The van der Waals surface area contributed by atoms with E-state index in [9.17, 15) is 0 Å². The summed E-state index contributed by atoms with van der Waals surface area (Å²) >= 11 is 6.30. The lowest BCUT2D eigenvalue weighted by atomic mass is 10.00. The highest BCUT2D eigenvalue weighted by Crippen LogP contribution is 2.31. The Balaban J connectivity index is 1.70.